The third-order valence-corrected chi connectivity index (χ3v) is 2.69. The second-order valence-corrected chi connectivity index (χ2v) is 3.71. The lowest BCUT2D eigenvalue weighted by Gasteiger charge is -2.08. The molecular formula is C13H14O8. The molecule has 0 fully saturated rings. The van der Waals surface area contributed by atoms with E-state index in [0.717, 1.165) is 34.5 Å². The number of aliphatic hydroxyl groups excluding tert-OH is 1. The monoisotopic (exact) mass is 298 g/mol. The van der Waals surface area contributed by atoms with Gasteiger partial charge in [-0.25, -0.2) is 14.4 Å². The van der Waals surface area contributed by atoms with Gasteiger partial charge in [-0.05, 0) is 6.08 Å². The smallest absolute Gasteiger partial charge is 0.339 e. The first-order chi connectivity index (χ1) is 9.92. The molecule has 0 bridgehead atoms. The Labute approximate surface area is 120 Å². The van der Waals surface area contributed by atoms with E-state index in [1.54, 1.807) is 0 Å². The van der Waals surface area contributed by atoms with Crippen LogP contribution in [0.15, 0.2) is 34.3 Å². The number of carbonyl (C=O) groups is 3. The van der Waals surface area contributed by atoms with Crippen molar-refractivity contribution in [3.8, 4) is 0 Å². The highest BCUT2D eigenvalue weighted by molar-refractivity contribution is 6.16. The van der Waals surface area contributed by atoms with Gasteiger partial charge in [0.1, 0.15) is 0 Å². The fourth-order valence-corrected chi connectivity index (χ4v) is 1.74. The Balaban J connectivity index is 3.67. The zero-order chi connectivity index (χ0) is 16.2. The number of esters is 3. The van der Waals surface area contributed by atoms with E-state index in [1.165, 1.54) is 0 Å². The molecule has 1 aliphatic rings. The Hall–Kier alpha value is -2.77. The number of carbonyl (C=O) groups excluding carboxylic acids is 3. The number of hydrogen-bond acceptors (Lipinski definition) is 8. The van der Waals surface area contributed by atoms with E-state index >= 15 is 0 Å². The minimum Gasteiger partial charge on any atom is -0.481 e. The predicted molar refractivity (Wildman–Crippen MR) is 67.8 cm³/mol. The van der Waals surface area contributed by atoms with Gasteiger partial charge in [-0.1, -0.05) is 0 Å². The number of allylic oxidation sites excluding steroid dienone is 1. The summed E-state index contributed by atoms with van der Waals surface area (Å²) >= 11 is 0. The van der Waals surface area contributed by atoms with Gasteiger partial charge in [-0.2, -0.15) is 0 Å². The Kier molecular flexibility index (Phi) is 5.12. The van der Waals surface area contributed by atoms with Gasteiger partial charge < -0.3 is 24.1 Å². The SMILES string of the molecule is COC(=O)C1=C/C(=C(\O)OC)C(C(=O)OC)=C1C(=O)OC. The average Bonchev–Trinajstić information content (AvgIpc) is 2.91. The molecule has 21 heavy (non-hydrogen) atoms. The first kappa shape index (κ1) is 16.3. The van der Waals surface area contributed by atoms with Crippen molar-refractivity contribution in [3.63, 3.8) is 0 Å². The molecule has 8 heteroatoms. The van der Waals surface area contributed by atoms with E-state index in [9.17, 15) is 19.5 Å². The van der Waals surface area contributed by atoms with Gasteiger partial charge >= 0.3 is 17.9 Å². The Morgan fingerprint density at radius 3 is 1.71 bits per heavy atom. The minimum absolute atomic E-state index is 0.176. The molecule has 0 radical (unpaired) electrons. The van der Waals surface area contributed by atoms with E-state index in [4.69, 9.17) is 0 Å². The van der Waals surface area contributed by atoms with Gasteiger partial charge in [0, 0.05) is 0 Å². The summed E-state index contributed by atoms with van der Waals surface area (Å²) in [6, 6.07) is 0. The number of rotatable bonds is 4. The fourth-order valence-electron chi connectivity index (χ4n) is 1.74. The third kappa shape index (κ3) is 2.88. The number of hydrogen-bond donors (Lipinski definition) is 1. The predicted octanol–water partition coefficient (Wildman–Crippen LogP) is 0.158. The summed E-state index contributed by atoms with van der Waals surface area (Å²) in [5.74, 6) is -3.43. The molecule has 0 atom stereocenters. The van der Waals surface area contributed by atoms with Gasteiger partial charge in [0.25, 0.3) is 5.95 Å². The summed E-state index contributed by atoms with van der Waals surface area (Å²) in [7, 11) is 4.42. The maximum Gasteiger partial charge on any atom is 0.339 e. The van der Waals surface area contributed by atoms with Crippen LogP contribution in [0.2, 0.25) is 0 Å². The van der Waals surface area contributed by atoms with E-state index in [0.29, 0.717) is 0 Å². The number of ether oxygens (including phenoxy) is 4. The largest absolute Gasteiger partial charge is 0.481 e. The normalized spacial score (nSPS) is 16.1. The summed E-state index contributed by atoms with van der Waals surface area (Å²) in [4.78, 5) is 35.4. The minimum atomic E-state index is -0.953. The van der Waals surface area contributed by atoms with Gasteiger partial charge in [0.15, 0.2) is 0 Å². The highest BCUT2D eigenvalue weighted by atomic mass is 16.6. The van der Waals surface area contributed by atoms with Crippen LogP contribution >= 0.6 is 0 Å². The Bertz CT molecular complexity index is 579. The standard InChI is InChI=1S/C13H14O8/c1-18-10(14)6-5-7(11(15)19-2)9(13(17)21-4)8(6)12(16)20-3/h5,14H,1-4H3/b10-6-. The van der Waals surface area contributed by atoms with E-state index in [1.807, 2.05) is 0 Å². The van der Waals surface area contributed by atoms with Gasteiger partial charge in [-0.15, -0.1) is 0 Å². The van der Waals surface area contributed by atoms with Gasteiger partial charge in [0.05, 0.1) is 50.7 Å². The van der Waals surface area contributed by atoms with Crippen LogP contribution in [0.5, 0.6) is 0 Å². The maximum atomic E-state index is 11.9. The molecule has 0 unspecified atom stereocenters. The summed E-state index contributed by atoms with van der Waals surface area (Å²) in [6.45, 7) is 0. The van der Waals surface area contributed by atoms with Gasteiger partial charge in [0.2, 0.25) is 0 Å². The highest BCUT2D eigenvalue weighted by Gasteiger charge is 2.38. The molecular weight excluding hydrogens is 284 g/mol. The molecule has 1 rings (SSSR count). The van der Waals surface area contributed by atoms with Crippen molar-refractivity contribution in [1.82, 2.24) is 0 Å². The summed E-state index contributed by atoms with van der Waals surface area (Å²) in [5.41, 5.74) is -1.13. The number of methoxy groups -OCH3 is 4. The van der Waals surface area contributed by atoms with Crippen LogP contribution in [0.25, 0.3) is 0 Å². The van der Waals surface area contributed by atoms with Crippen LogP contribution in [0.4, 0.5) is 0 Å². The number of aliphatic hydroxyl groups is 1. The zero-order valence-corrected chi connectivity index (χ0v) is 11.9. The molecule has 1 N–H and O–H groups in total. The quantitative estimate of drug-likeness (QED) is 0.444. The lowest BCUT2D eigenvalue weighted by molar-refractivity contribution is -0.140. The second kappa shape index (κ2) is 6.60. The molecule has 0 aromatic carbocycles. The molecule has 1 aliphatic carbocycles. The average molecular weight is 298 g/mol. The van der Waals surface area contributed by atoms with E-state index in [2.05, 4.69) is 18.9 Å². The van der Waals surface area contributed by atoms with Crippen LogP contribution in [-0.2, 0) is 33.3 Å². The maximum absolute atomic E-state index is 11.9. The van der Waals surface area contributed by atoms with Crippen LogP contribution in [-0.4, -0.2) is 51.5 Å². The molecule has 114 valence electrons. The molecule has 0 saturated carbocycles. The molecule has 0 aliphatic heterocycles. The molecule has 8 nitrogen and oxygen atoms in total. The lowest BCUT2D eigenvalue weighted by Crippen LogP contribution is -2.17. The Morgan fingerprint density at radius 2 is 1.29 bits per heavy atom. The highest BCUT2D eigenvalue weighted by Crippen LogP contribution is 2.34. The van der Waals surface area contributed by atoms with Crippen LogP contribution in [0.1, 0.15) is 0 Å². The van der Waals surface area contributed by atoms with Crippen molar-refractivity contribution in [2.24, 2.45) is 0 Å². The molecule has 0 aromatic rings. The summed E-state index contributed by atoms with van der Waals surface area (Å²) < 4.78 is 18.3. The van der Waals surface area contributed by atoms with Crippen molar-refractivity contribution in [3.05, 3.63) is 34.3 Å². The summed E-state index contributed by atoms with van der Waals surface area (Å²) in [6.07, 6.45) is 1.09. The Morgan fingerprint density at radius 1 is 0.810 bits per heavy atom. The second-order valence-electron chi connectivity index (χ2n) is 3.71. The van der Waals surface area contributed by atoms with Crippen molar-refractivity contribution < 1.29 is 38.4 Å². The van der Waals surface area contributed by atoms with Crippen LogP contribution in [0, 0.1) is 0 Å². The van der Waals surface area contributed by atoms with Crippen molar-refractivity contribution in [2.75, 3.05) is 28.4 Å². The van der Waals surface area contributed by atoms with Crippen molar-refractivity contribution in [2.45, 2.75) is 0 Å². The topological polar surface area (TPSA) is 108 Å². The molecule has 0 spiro atoms. The van der Waals surface area contributed by atoms with E-state index in [-0.39, 0.29) is 22.3 Å². The fraction of sp³-hybridized carbons (Fsp3) is 0.308. The molecule has 0 saturated heterocycles. The lowest BCUT2D eigenvalue weighted by atomic mass is 10.0. The van der Waals surface area contributed by atoms with E-state index < -0.39 is 23.9 Å². The molecule has 0 amide bonds. The summed E-state index contributed by atoms with van der Waals surface area (Å²) in [5, 5.41) is 9.68. The molecule has 0 aromatic heterocycles. The molecule has 0 heterocycles. The third-order valence-electron chi connectivity index (χ3n) is 2.69. The van der Waals surface area contributed by atoms with Crippen LogP contribution < -0.4 is 0 Å². The van der Waals surface area contributed by atoms with Crippen molar-refractivity contribution >= 4 is 17.9 Å². The first-order valence-electron chi connectivity index (χ1n) is 5.61. The van der Waals surface area contributed by atoms with Crippen molar-refractivity contribution in [1.29, 1.82) is 0 Å². The van der Waals surface area contributed by atoms with Crippen LogP contribution in [0.3, 0.4) is 0 Å². The zero-order valence-electron chi connectivity index (χ0n) is 11.9. The first-order valence-corrected chi connectivity index (χ1v) is 5.61. The van der Waals surface area contributed by atoms with Gasteiger partial charge in [-0.3, -0.25) is 0 Å².